The summed E-state index contributed by atoms with van der Waals surface area (Å²) < 4.78 is 0. The minimum atomic E-state index is -0.0136. The summed E-state index contributed by atoms with van der Waals surface area (Å²) in [5, 5.41) is 13.6. The number of urea groups is 1. The van der Waals surface area contributed by atoms with Crippen LogP contribution in [0.5, 0.6) is 5.75 Å². The lowest BCUT2D eigenvalue weighted by atomic mass is 9.96. The molecule has 0 radical (unpaired) electrons. The molecule has 0 bridgehead atoms. The van der Waals surface area contributed by atoms with Crippen molar-refractivity contribution < 1.29 is 9.90 Å². The number of fused-ring (bicyclic) bond motifs is 1. The van der Waals surface area contributed by atoms with Crippen molar-refractivity contribution in [3.05, 3.63) is 60.3 Å². The van der Waals surface area contributed by atoms with Crippen molar-refractivity contribution in [2.45, 2.75) is 38.1 Å². The summed E-state index contributed by atoms with van der Waals surface area (Å²) >= 11 is 0. The monoisotopic (exact) mass is 363 g/mol. The maximum Gasteiger partial charge on any atom is 0.322 e. The Morgan fingerprint density at radius 1 is 1.15 bits per heavy atom. The van der Waals surface area contributed by atoms with Crippen molar-refractivity contribution in [3.63, 3.8) is 0 Å². The highest BCUT2D eigenvalue weighted by Crippen LogP contribution is 2.24. The van der Waals surface area contributed by atoms with Crippen molar-refractivity contribution in [2.24, 2.45) is 0 Å². The van der Waals surface area contributed by atoms with Crippen LogP contribution in [0.3, 0.4) is 0 Å². The first-order chi connectivity index (χ1) is 13.2. The van der Waals surface area contributed by atoms with Crippen molar-refractivity contribution in [1.29, 1.82) is 0 Å². The number of amides is 2. The second-order valence-electron chi connectivity index (χ2n) is 7.26. The number of hydrogen-bond acceptors (Lipinski definition) is 2. The number of H-pyrrole nitrogens is 1. The number of phenolic OH excluding ortho intramolecular Hbond substituents is 1. The number of aromatic amines is 1. The number of piperidine rings is 1. The van der Waals surface area contributed by atoms with Crippen LogP contribution in [0.25, 0.3) is 10.9 Å². The van der Waals surface area contributed by atoms with Gasteiger partial charge in [0.25, 0.3) is 0 Å². The first-order valence-corrected chi connectivity index (χ1v) is 9.62. The molecule has 0 spiro atoms. The van der Waals surface area contributed by atoms with Crippen LogP contribution in [0, 0.1) is 0 Å². The standard InChI is InChI=1S/C22H25N3O2/c26-20-9-5-16(6-10-20)4-8-19-3-1-2-14-25(19)22(27)24-18-7-11-21-17(15-18)12-13-23-21/h5-7,9-13,15,19,23,26H,1-4,8,14H2,(H,24,27)/t19-/m1/s1. The van der Waals surface area contributed by atoms with E-state index in [2.05, 4.69) is 10.3 Å². The lowest BCUT2D eigenvalue weighted by Gasteiger charge is -2.36. The molecule has 1 atom stereocenters. The lowest BCUT2D eigenvalue weighted by molar-refractivity contribution is 0.158. The van der Waals surface area contributed by atoms with Crippen LogP contribution in [0.15, 0.2) is 54.7 Å². The van der Waals surface area contributed by atoms with E-state index in [-0.39, 0.29) is 17.8 Å². The minimum Gasteiger partial charge on any atom is -0.508 e. The number of anilines is 1. The van der Waals surface area contributed by atoms with Crippen molar-refractivity contribution in [2.75, 3.05) is 11.9 Å². The third-order valence-corrected chi connectivity index (χ3v) is 5.40. The summed E-state index contributed by atoms with van der Waals surface area (Å²) in [6.07, 6.45) is 7.01. The molecule has 1 aromatic heterocycles. The maximum absolute atomic E-state index is 12.9. The molecule has 27 heavy (non-hydrogen) atoms. The van der Waals surface area contributed by atoms with Crippen LogP contribution in [0.4, 0.5) is 10.5 Å². The van der Waals surface area contributed by atoms with Gasteiger partial charge in [0.1, 0.15) is 5.75 Å². The van der Waals surface area contributed by atoms with E-state index in [0.717, 1.165) is 48.8 Å². The molecular weight excluding hydrogens is 338 g/mol. The zero-order valence-corrected chi connectivity index (χ0v) is 15.3. The average Bonchev–Trinajstić information content (AvgIpc) is 3.15. The number of rotatable bonds is 4. The second kappa shape index (κ2) is 7.74. The zero-order chi connectivity index (χ0) is 18.6. The number of benzene rings is 2. The van der Waals surface area contributed by atoms with Crippen LogP contribution in [0.1, 0.15) is 31.2 Å². The van der Waals surface area contributed by atoms with Gasteiger partial charge < -0.3 is 20.3 Å². The molecule has 1 aliphatic heterocycles. The summed E-state index contributed by atoms with van der Waals surface area (Å²) in [5.41, 5.74) is 3.09. The predicted molar refractivity (Wildman–Crippen MR) is 108 cm³/mol. The number of phenols is 1. The Bertz CT molecular complexity index is 917. The number of likely N-dealkylation sites (tertiary alicyclic amines) is 1. The molecule has 3 N–H and O–H groups in total. The first kappa shape index (κ1) is 17.5. The third kappa shape index (κ3) is 4.08. The summed E-state index contributed by atoms with van der Waals surface area (Å²) in [7, 11) is 0. The van der Waals surface area contributed by atoms with Crippen LogP contribution in [-0.2, 0) is 6.42 Å². The van der Waals surface area contributed by atoms with Crippen LogP contribution in [0.2, 0.25) is 0 Å². The van der Waals surface area contributed by atoms with Gasteiger partial charge >= 0.3 is 6.03 Å². The molecule has 4 rings (SSSR count). The molecule has 3 aromatic rings. The molecule has 5 heteroatoms. The predicted octanol–water partition coefficient (Wildman–Crippen LogP) is 4.89. The Labute approximate surface area is 159 Å². The number of aromatic nitrogens is 1. The van der Waals surface area contributed by atoms with E-state index >= 15 is 0 Å². The Morgan fingerprint density at radius 2 is 2.00 bits per heavy atom. The molecule has 140 valence electrons. The highest BCUT2D eigenvalue weighted by atomic mass is 16.3. The molecule has 0 saturated carbocycles. The van der Waals surface area contributed by atoms with E-state index in [1.165, 1.54) is 12.0 Å². The maximum atomic E-state index is 12.9. The van der Waals surface area contributed by atoms with Gasteiger partial charge in [0.2, 0.25) is 0 Å². The summed E-state index contributed by atoms with van der Waals surface area (Å²) in [6, 6.07) is 15.5. The summed E-state index contributed by atoms with van der Waals surface area (Å²) in [4.78, 5) is 18.0. The van der Waals surface area contributed by atoms with E-state index in [9.17, 15) is 9.90 Å². The molecule has 5 nitrogen and oxygen atoms in total. The molecule has 1 fully saturated rings. The molecule has 0 aliphatic carbocycles. The number of hydrogen-bond donors (Lipinski definition) is 3. The molecule has 2 heterocycles. The van der Waals surface area contributed by atoms with Gasteiger partial charge in [-0.15, -0.1) is 0 Å². The third-order valence-electron chi connectivity index (χ3n) is 5.40. The molecule has 2 aromatic carbocycles. The van der Waals surface area contributed by atoms with Gasteiger partial charge in [-0.3, -0.25) is 0 Å². The summed E-state index contributed by atoms with van der Waals surface area (Å²) in [5.74, 6) is 0.289. The molecule has 2 amide bonds. The molecule has 0 unspecified atom stereocenters. The normalized spacial score (nSPS) is 17.2. The van der Waals surface area contributed by atoms with Gasteiger partial charge in [-0.1, -0.05) is 12.1 Å². The van der Waals surface area contributed by atoms with E-state index in [1.54, 1.807) is 12.1 Å². The van der Waals surface area contributed by atoms with Crippen molar-refractivity contribution >= 4 is 22.6 Å². The fraction of sp³-hybridized carbons (Fsp3) is 0.318. The van der Waals surface area contributed by atoms with Gasteiger partial charge in [-0.05, 0) is 74.1 Å². The van der Waals surface area contributed by atoms with Gasteiger partial charge in [0.15, 0.2) is 0 Å². The van der Waals surface area contributed by atoms with E-state index in [4.69, 9.17) is 0 Å². The fourth-order valence-electron chi connectivity index (χ4n) is 3.89. The second-order valence-corrected chi connectivity index (χ2v) is 7.26. The quantitative estimate of drug-likeness (QED) is 0.617. The Hall–Kier alpha value is -2.95. The van der Waals surface area contributed by atoms with E-state index < -0.39 is 0 Å². The van der Waals surface area contributed by atoms with Gasteiger partial charge in [-0.25, -0.2) is 4.79 Å². The van der Waals surface area contributed by atoms with Crippen molar-refractivity contribution in [1.82, 2.24) is 9.88 Å². The topological polar surface area (TPSA) is 68.4 Å². The Balaban J connectivity index is 1.41. The van der Waals surface area contributed by atoms with E-state index in [1.807, 2.05) is 47.5 Å². The van der Waals surface area contributed by atoms with Crippen LogP contribution >= 0.6 is 0 Å². The van der Waals surface area contributed by atoms with E-state index in [0.29, 0.717) is 0 Å². The fourth-order valence-corrected chi connectivity index (χ4v) is 3.89. The smallest absolute Gasteiger partial charge is 0.322 e. The molecule has 1 aliphatic rings. The van der Waals surface area contributed by atoms with Gasteiger partial charge in [-0.2, -0.15) is 0 Å². The number of aromatic hydroxyl groups is 1. The SMILES string of the molecule is O=C(Nc1ccc2[nH]ccc2c1)N1CCCC[C@@H]1CCc1ccc(O)cc1. The molecular formula is C22H25N3O2. The number of aryl methyl sites for hydroxylation is 1. The highest BCUT2D eigenvalue weighted by molar-refractivity contribution is 5.93. The van der Waals surface area contributed by atoms with Crippen LogP contribution in [-0.4, -0.2) is 33.6 Å². The minimum absolute atomic E-state index is 0.0136. The highest BCUT2D eigenvalue weighted by Gasteiger charge is 2.26. The van der Waals surface area contributed by atoms with Crippen LogP contribution < -0.4 is 5.32 Å². The summed E-state index contributed by atoms with van der Waals surface area (Å²) in [6.45, 7) is 0.804. The number of nitrogens with one attached hydrogen (secondary N) is 2. The largest absolute Gasteiger partial charge is 0.508 e. The van der Waals surface area contributed by atoms with Gasteiger partial charge in [0.05, 0.1) is 0 Å². The molecule has 1 saturated heterocycles. The first-order valence-electron chi connectivity index (χ1n) is 9.62. The Morgan fingerprint density at radius 3 is 2.85 bits per heavy atom. The zero-order valence-electron chi connectivity index (χ0n) is 15.3. The Kier molecular flexibility index (Phi) is 5.01. The van der Waals surface area contributed by atoms with Gasteiger partial charge in [0, 0.05) is 35.4 Å². The number of carbonyl (C=O) groups excluding carboxylic acids is 1. The average molecular weight is 363 g/mol. The number of nitrogens with zero attached hydrogens (tertiary/aromatic N) is 1. The van der Waals surface area contributed by atoms with Crippen molar-refractivity contribution in [3.8, 4) is 5.75 Å². The number of carbonyl (C=O) groups is 1. The lowest BCUT2D eigenvalue weighted by Crippen LogP contribution is -2.46.